The van der Waals surface area contributed by atoms with E-state index >= 15 is 0 Å². The van der Waals surface area contributed by atoms with Gasteiger partial charge in [0.25, 0.3) is 0 Å². The number of nitrogens with two attached hydrogens (primary N) is 1. The highest BCUT2D eigenvalue weighted by molar-refractivity contribution is 7.91. The predicted octanol–water partition coefficient (Wildman–Crippen LogP) is 1.09. The van der Waals surface area contributed by atoms with Gasteiger partial charge >= 0.3 is 0 Å². The molecule has 0 radical (unpaired) electrons. The number of nitrogens with one attached hydrogen (secondary N) is 1. The van der Waals surface area contributed by atoms with Crippen LogP contribution >= 0.6 is 11.5 Å². The number of nitrogen functional groups attached to an aromatic ring is 1. The number of aliphatic hydroxyl groups is 1. The summed E-state index contributed by atoms with van der Waals surface area (Å²) in [4.78, 5) is 0.122. The Hall–Kier alpha value is -0.860. The van der Waals surface area contributed by atoms with Gasteiger partial charge in [-0.1, -0.05) is 6.92 Å². The molecule has 0 fully saturated rings. The van der Waals surface area contributed by atoms with Crippen molar-refractivity contribution in [1.82, 2.24) is 4.37 Å². The molecule has 104 valence electrons. The lowest BCUT2D eigenvalue weighted by Gasteiger charge is -2.06. The van der Waals surface area contributed by atoms with Crippen LogP contribution in [0.3, 0.4) is 0 Å². The maximum absolute atomic E-state index is 11.9. The van der Waals surface area contributed by atoms with Crippen LogP contribution in [0, 0.1) is 0 Å². The Morgan fingerprint density at radius 1 is 1.39 bits per heavy atom. The van der Waals surface area contributed by atoms with Crippen LogP contribution < -0.4 is 11.1 Å². The van der Waals surface area contributed by atoms with Crippen molar-refractivity contribution >= 4 is 32.2 Å². The van der Waals surface area contributed by atoms with Gasteiger partial charge in [-0.05, 0) is 30.8 Å². The van der Waals surface area contributed by atoms with Crippen LogP contribution in [0.5, 0.6) is 0 Å². The lowest BCUT2D eigenvalue weighted by Crippen LogP contribution is -2.10. The molecule has 0 amide bonds. The van der Waals surface area contributed by atoms with Gasteiger partial charge in [-0.25, -0.2) is 8.42 Å². The molecule has 0 spiro atoms. The lowest BCUT2D eigenvalue weighted by molar-refractivity contribution is 0.283. The standard InChI is InChI=1S/C10H19N3O3S2/c1-2-18(15,16)8-9(11)13-17-10(8)12-6-4-3-5-7-14/h12,14H,2-7H2,1H3,(H2,11,13). The molecule has 0 saturated carbocycles. The second-order valence-electron chi connectivity index (χ2n) is 3.84. The van der Waals surface area contributed by atoms with E-state index in [1.54, 1.807) is 6.92 Å². The largest absolute Gasteiger partial charge is 0.396 e. The van der Waals surface area contributed by atoms with Crippen molar-refractivity contribution in [3.05, 3.63) is 0 Å². The molecule has 0 saturated heterocycles. The van der Waals surface area contributed by atoms with Crippen LogP contribution in [-0.4, -0.2) is 36.8 Å². The second kappa shape index (κ2) is 6.91. The molecule has 18 heavy (non-hydrogen) atoms. The van der Waals surface area contributed by atoms with E-state index in [0.29, 0.717) is 11.5 Å². The summed E-state index contributed by atoms with van der Waals surface area (Å²) in [6.07, 6.45) is 2.52. The molecule has 0 atom stereocenters. The minimum absolute atomic E-state index is 0.00874. The highest BCUT2D eigenvalue weighted by Crippen LogP contribution is 2.32. The van der Waals surface area contributed by atoms with Crippen molar-refractivity contribution in [3.8, 4) is 0 Å². The highest BCUT2D eigenvalue weighted by Gasteiger charge is 2.23. The number of aliphatic hydroxyl groups excluding tert-OH is 1. The summed E-state index contributed by atoms with van der Waals surface area (Å²) in [5.74, 6) is 0.0779. The summed E-state index contributed by atoms with van der Waals surface area (Å²) >= 11 is 1.07. The molecule has 4 N–H and O–H groups in total. The Bertz CT molecular complexity index is 471. The average Bonchev–Trinajstić information content (AvgIpc) is 2.71. The third kappa shape index (κ3) is 3.82. The van der Waals surface area contributed by atoms with Gasteiger partial charge in [0.1, 0.15) is 9.90 Å². The average molecular weight is 293 g/mol. The Kier molecular flexibility index (Phi) is 5.83. The van der Waals surface area contributed by atoms with E-state index < -0.39 is 9.84 Å². The highest BCUT2D eigenvalue weighted by atomic mass is 32.2. The second-order valence-corrected chi connectivity index (χ2v) is 6.83. The Balaban J connectivity index is 2.67. The Morgan fingerprint density at radius 3 is 2.72 bits per heavy atom. The first-order chi connectivity index (χ1) is 8.53. The summed E-state index contributed by atoms with van der Waals surface area (Å²) in [5.41, 5.74) is 5.60. The topological polar surface area (TPSA) is 105 Å². The zero-order chi connectivity index (χ0) is 13.6. The Labute approximate surface area is 111 Å². The normalized spacial score (nSPS) is 11.7. The van der Waals surface area contributed by atoms with E-state index in [9.17, 15) is 8.42 Å². The fourth-order valence-corrected chi connectivity index (χ4v) is 3.66. The van der Waals surface area contributed by atoms with Crippen molar-refractivity contribution in [2.75, 3.05) is 30.0 Å². The summed E-state index contributed by atoms with van der Waals surface area (Å²) < 4.78 is 27.6. The van der Waals surface area contributed by atoms with E-state index in [1.165, 1.54) is 0 Å². The van der Waals surface area contributed by atoms with Gasteiger partial charge < -0.3 is 16.2 Å². The van der Waals surface area contributed by atoms with Gasteiger partial charge in [0, 0.05) is 13.2 Å². The fourth-order valence-electron chi connectivity index (χ4n) is 1.47. The number of nitrogens with zero attached hydrogens (tertiary/aromatic N) is 1. The van der Waals surface area contributed by atoms with Crippen LogP contribution in [0.25, 0.3) is 0 Å². The first kappa shape index (κ1) is 15.2. The minimum atomic E-state index is -3.34. The molecule has 1 heterocycles. The van der Waals surface area contributed by atoms with Gasteiger partial charge in [-0.15, -0.1) is 0 Å². The van der Waals surface area contributed by atoms with Gasteiger partial charge in [0.05, 0.1) is 5.75 Å². The summed E-state index contributed by atoms with van der Waals surface area (Å²) in [7, 11) is -3.34. The van der Waals surface area contributed by atoms with E-state index in [1.807, 2.05) is 0 Å². The van der Waals surface area contributed by atoms with Gasteiger partial charge in [0.2, 0.25) is 0 Å². The van der Waals surface area contributed by atoms with Crippen molar-refractivity contribution in [1.29, 1.82) is 0 Å². The molecule has 0 bridgehead atoms. The zero-order valence-electron chi connectivity index (χ0n) is 10.3. The van der Waals surface area contributed by atoms with Crippen LogP contribution in [-0.2, 0) is 9.84 Å². The van der Waals surface area contributed by atoms with Gasteiger partial charge in [-0.2, -0.15) is 4.37 Å². The maximum atomic E-state index is 11.9. The number of sulfone groups is 1. The molecule has 1 rings (SSSR count). The number of rotatable bonds is 8. The van der Waals surface area contributed by atoms with E-state index in [2.05, 4.69) is 9.69 Å². The summed E-state index contributed by atoms with van der Waals surface area (Å²) in [5, 5.41) is 12.2. The molecule has 1 aromatic rings. The van der Waals surface area contributed by atoms with Gasteiger partial charge in [0.15, 0.2) is 15.7 Å². The molecule has 8 heteroatoms. The molecule has 0 aromatic carbocycles. The molecule has 6 nitrogen and oxygen atoms in total. The first-order valence-electron chi connectivity index (χ1n) is 5.85. The van der Waals surface area contributed by atoms with E-state index in [4.69, 9.17) is 10.8 Å². The molecule has 0 aliphatic heterocycles. The van der Waals surface area contributed by atoms with Gasteiger partial charge in [-0.3, -0.25) is 0 Å². The number of hydrogen-bond acceptors (Lipinski definition) is 7. The molecule has 1 aromatic heterocycles. The predicted molar refractivity (Wildman–Crippen MR) is 73.7 cm³/mol. The Morgan fingerprint density at radius 2 is 2.11 bits per heavy atom. The van der Waals surface area contributed by atoms with Crippen molar-refractivity contribution in [3.63, 3.8) is 0 Å². The van der Waals surface area contributed by atoms with Crippen LogP contribution in [0.15, 0.2) is 4.90 Å². The van der Waals surface area contributed by atoms with Crippen molar-refractivity contribution in [2.45, 2.75) is 31.1 Å². The number of anilines is 2. The zero-order valence-corrected chi connectivity index (χ0v) is 12.0. The SMILES string of the molecule is CCS(=O)(=O)c1c(N)nsc1NCCCCCO. The fraction of sp³-hybridized carbons (Fsp3) is 0.700. The van der Waals surface area contributed by atoms with Crippen LogP contribution in [0.2, 0.25) is 0 Å². The number of unbranched alkanes of at least 4 members (excludes halogenated alkanes) is 2. The maximum Gasteiger partial charge on any atom is 0.184 e. The summed E-state index contributed by atoms with van der Waals surface area (Å²) in [6, 6.07) is 0. The van der Waals surface area contributed by atoms with Crippen LogP contribution in [0.4, 0.5) is 10.8 Å². The van der Waals surface area contributed by atoms with E-state index in [-0.39, 0.29) is 23.1 Å². The third-order valence-corrected chi connectivity index (χ3v) is 5.23. The molecule has 0 aliphatic carbocycles. The molecule has 0 aliphatic rings. The molecular weight excluding hydrogens is 274 g/mol. The third-order valence-electron chi connectivity index (χ3n) is 2.49. The van der Waals surface area contributed by atoms with Crippen LogP contribution in [0.1, 0.15) is 26.2 Å². The molecule has 0 unspecified atom stereocenters. The lowest BCUT2D eigenvalue weighted by atomic mass is 10.2. The smallest absolute Gasteiger partial charge is 0.184 e. The monoisotopic (exact) mass is 293 g/mol. The summed E-state index contributed by atoms with van der Waals surface area (Å²) in [6.45, 7) is 2.41. The molecular formula is C10H19N3O3S2. The van der Waals surface area contributed by atoms with Crippen molar-refractivity contribution < 1.29 is 13.5 Å². The van der Waals surface area contributed by atoms with Crippen molar-refractivity contribution in [2.24, 2.45) is 0 Å². The van der Waals surface area contributed by atoms with E-state index in [0.717, 1.165) is 30.8 Å². The number of aromatic nitrogens is 1. The minimum Gasteiger partial charge on any atom is -0.396 e. The number of hydrogen-bond donors (Lipinski definition) is 3. The first-order valence-corrected chi connectivity index (χ1v) is 8.28. The quantitative estimate of drug-likeness (QED) is 0.620.